The number of hydrogen-bond acceptors (Lipinski definition) is 10. The maximum atomic E-state index is 13.7. The van der Waals surface area contributed by atoms with E-state index >= 15 is 0 Å². The number of carbonyl (C=O) groups is 5. The Morgan fingerprint density at radius 2 is 1.55 bits per heavy atom. The quantitative estimate of drug-likeness (QED) is 0.0705. The van der Waals surface area contributed by atoms with Crippen LogP contribution >= 0.6 is 0 Å². The third-order valence-electron chi connectivity index (χ3n) is 8.15. The van der Waals surface area contributed by atoms with Gasteiger partial charge >= 0.3 is 5.97 Å². The third kappa shape index (κ3) is 13.6. The van der Waals surface area contributed by atoms with Crippen molar-refractivity contribution in [3.05, 3.63) is 35.9 Å². The second-order valence-corrected chi connectivity index (χ2v) is 12.6. The summed E-state index contributed by atoms with van der Waals surface area (Å²) in [6.45, 7) is 4.05. The number of nitrogens with zero attached hydrogens (tertiary/aromatic N) is 1. The van der Waals surface area contributed by atoms with Gasteiger partial charge in [-0.25, -0.2) is 0 Å². The molecule has 0 aromatic heterocycles. The number of unbranched alkanes of at least 4 members (excludes halogenated alkanes) is 1. The number of nitrogens with one attached hydrogen (secondary N) is 4. The molecule has 1 aromatic rings. The van der Waals surface area contributed by atoms with E-state index < -0.39 is 53.5 Å². The molecule has 0 radical (unpaired) electrons. The van der Waals surface area contributed by atoms with E-state index in [1.807, 2.05) is 44.2 Å². The van der Waals surface area contributed by atoms with Crippen molar-refractivity contribution in [2.24, 2.45) is 17.4 Å². The number of piperidine rings is 1. The molecule has 264 valence electrons. The molecule has 0 saturated carbocycles. The van der Waals surface area contributed by atoms with Crippen LogP contribution in [-0.2, 0) is 30.4 Å². The number of carboxylic acid groups (broad SMARTS) is 1. The lowest BCUT2D eigenvalue weighted by Crippen LogP contribution is -2.60. The Morgan fingerprint density at radius 3 is 2.13 bits per heavy atom. The van der Waals surface area contributed by atoms with Crippen molar-refractivity contribution < 1.29 is 39.3 Å². The molecule has 4 atom stereocenters. The van der Waals surface area contributed by atoms with Gasteiger partial charge in [-0.05, 0) is 56.6 Å². The number of rotatable bonds is 20. The first-order valence-electron chi connectivity index (χ1n) is 16.2. The Morgan fingerprint density at radius 1 is 0.936 bits per heavy atom. The molecule has 11 N–H and O–H groups in total. The van der Waals surface area contributed by atoms with Gasteiger partial charge in [0.1, 0.15) is 23.7 Å². The van der Waals surface area contributed by atoms with E-state index in [1.165, 1.54) is 4.90 Å². The van der Waals surface area contributed by atoms with Gasteiger partial charge in [-0.3, -0.25) is 24.0 Å². The van der Waals surface area contributed by atoms with Crippen LogP contribution in [0, 0.1) is 5.92 Å². The van der Waals surface area contributed by atoms with Gasteiger partial charge in [0.05, 0.1) is 19.3 Å². The van der Waals surface area contributed by atoms with Crippen LogP contribution in [0.3, 0.4) is 0 Å². The van der Waals surface area contributed by atoms with Gasteiger partial charge < -0.3 is 53.0 Å². The lowest BCUT2D eigenvalue weighted by Gasteiger charge is -2.38. The molecule has 15 nitrogen and oxygen atoms in total. The Hall–Kier alpha value is -3.63. The van der Waals surface area contributed by atoms with Crippen molar-refractivity contribution >= 4 is 29.6 Å². The highest BCUT2D eigenvalue weighted by Gasteiger charge is 2.40. The Labute approximate surface area is 276 Å². The number of hydrogen-bond donors (Lipinski definition) is 9. The van der Waals surface area contributed by atoms with Gasteiger partial charge in [0.25, 0.3) is 0 Å². The molecule has 1 heterocycles. The predicted octanol–water partition coefficient (Wildman–Crippen LogP) is -1.79. The van der Waals surface area contributed by atoms with Crippen molar-refractivity contribution in [2.75, 3.05) is 39.3 Å². The summed E-state index contributed by atoms with van der Waals surface area (Å²) in [4.78, 5) is 66.2. The average Bonchev–Trinajstić information content (AvgIpc) is 3.04. The highest BCUT2D eigenvalue weighted by molar-refractivity contribution is 5.94. The molecule has 0 bridgehead atoms. The first-order chi connectivity index (χ1) is 22.3. The molecule has 0 aliphatic carbocycles. The second-order valence-electron chi connectivity index (χ2n) is 12.6. The summed E-state index contributed by atoms with van der Waals surface area (Å²) in [6.07, 6.45) is 1.08. The summed E-state index contributed by atoms with van der Waals surface area (Å²) < 4.78 is 0. The molecule has 1 aliphatic heterocycles. The van der Waals surface area contributed by atoms with Crippen molar-refractivity contribution in [1.82, 2.24) is 26.2 Å². The highest BCUT2D eigenvalue weighted by atomic mass is 16.4. The summed E-state index contributed by atoms with van der Waals surface area (Å²) in [7, 11) is 0. The van der Waals surface area contributed by atoms with Crippen LogP contribution < -0.4 is 32.7 Å². The Kier molecular flexibility index (Phi) is 16.7. The minimum absolute atomic E-state index is 0.0115. The van der Waals surface area contributed by atoms with E-state index in [0.717, 1.165) is 5.56 Å². The Bertz CT molecular complexity index is 1160. The standard InChI is InChI=1S/C32H53N7O8/c1-21(2)16-25(38-29(44)26(36-27(42)18-33)17-22-8-4-3-5-9-22)28(43)37-24(10-6-7-13-35-19-23(41)20-40)30(45)39-14-11-32(34,12-15-39)31(46)47/h3-5,8-9,21,23-26,35,40-41H,6-7,10-20,33-34H2,1-2H3,(H,36,42)(H,37,43)(H,38,44)(H,46,47)/t23?,24?,25-,26?/m1/s1. The van der Waals surface area contributed by atoms with Crippen LogP contribution in [0.2, 0.25) is 0 Å². The van der Waals surface area contributed by atoms with E-state index in [2.05, 4.69) is 21.3 Å². The van der Waals surface area contributed by atoms with Gasteiger partial charge in [-0.2, -0.15) is 0 Å². The molecule has 3 unspecified atom stereocenters. The lowest BCUT2D eigenvalue weighted by atomic mass is 9.88. The highest BCUT2D eigenvalue weighted by Crippen LogP contribution is 2.21. The maximum absolute atomic E-state index is 13.7. The van der Waals surface area contributed by atoms with Gasteiger partial charge in [0.15, 0.2) is 0 Å². The summed E-state index contributed by atoms with van der Waals surface area (Å²) in [5.74, 6) is -3.17. The topological polar surface area (TPSA) is 249 Å². The van der Waals surface area contributed by atoms with E-state index in [1.54, 1.807) is 0 Å². The van der Waals surface area contributed by atoms with E-state index in [4.69, 9.17) is 16.6 Å². The van der Waals surface area contributed by atoms with Crippen LogP contribution in [0.15, 0.2) is 30.3 Å². The van der Waals surface area contributed by atoms with Crippen LogP contribution in [0.1, 0.15) is 57.9 Å². The Balaban J connectivity index is 2.19. The number of carboxylic acids is 1. The van der Waals surface area contributed by atoms with Gasteiger partial charge in [-0.1, -0.05) is 44.2 Å². The van der Waals surface area contributed by atoms with E-state index in [-0.39, 0.29) is 76.7 Å². The van der Waals surface area contributed by atoms with Gasteiger partial charge in [0, 0.05) is 26.1 Å². The molecule has 47 heavy (non-hydrogen) atoms. The zero-order chi connectivity index (χ0) is 35.0. The normalized spacial score (nSPS) is 16.9. The van der Waals surface area contributed by atoms with Gasteiger partial charge in [0.2, 0.25) is 23.6 Å². The molecule has 1 saturated heterocycles. The number of aliphatic hydroxyl groups is 2. The molecule has 1 aromatic carbocycles. The predicted molar refractivity (Wildman–Crippen MR) is 175 cm³/mol. The summed E-state index contributed by atoms with van der Waals surface area (Å²) in [5, 5.41) is 39.3. The molecular formula is C32H53N7O8. The second kappa shape index (κ2) is 19.9. The summed E-state index contributed by atoms with van der Waals surface area (Å²) in [6, 6.07) is 6.13. The minimum atomic E-state index is -1.43. The number of aliphatic carboxylic acids is 1. The molecule has 15 heteroatoms. The maximum Gasteiger partial charge on any atom is 0.323 e. The van der Waals surface area contributed by atoms with Crippen molar-refractivity contribution in [2.45, 2.75) is 88.6 Å². The monoisotopic (exact) mass is 663 g/mol. The fraction of sp³-hybridized carbons (Fsp3) is 0.656. The summed E-state index contributed by atoms with van der Waals surface area (Å²) in [5.41, 5.74) is 10.9. The first-order valence-corrected chi connectivity index (χ1v) is 16.2. The van der Waals surface area contributed by atoms with E-state index in [0.29, 0.717) is 19.4 Å². The molecule has 1 aliphatic rings. The van der Waals surface area contributed by atoms with Crippen LogP contribution in [0.4, 0.5) is 0 Å². The first kappa shape index (κ1) is 39.5. The molecule has 2 rings (SSSR count). The number of nitrogens with two attached hydrogens (primary N) is 2. The molecular weight excluding hydrogens is 610 g/mol. The fourth-order valence-corrected chi connectivity index (χ4v) is 5.31. The number of benzene rings is 1. The zero-order valence-electron chi connectivity index (χ0n) is 27.5. The molecule has 4 amide bonds. The SMILES string of the molecule is CC(C)C[C@@H](NC(=O)C(Cc1ccccc1)NC(=O)CN)C(=O)NC(CCCCNCC(O)CO)C(=O)N1CCC(N)(C(=O)O)CC1. The van der Waals surface area contributed by atoms with Crippen LogP contribution in [0.5, 0.6) is 0 Å². The summed E-state index contributed by atoms with van der Waals surface area (Å²) >= 11 is 0. The molecule has 0 spiro atoms. The zero-order valence-corrected chi connectivity index (χ0v) is 27.5. The van der Waals surface area contributed by atoms with Crippen LogP contribution in [0.25, 0.3) is 0 Å². The largest absolute Gasteiger partial charge is 0.480 e. The van der Waals surface area contributed by atoms with Crippen LogP contribution in [-0.4, -0.2) is 119 Å². The van der Waals surface area contributed by atoms with Crippen molar-refractivity contribution in [3.8, 4) is 0 Å². The number of amides is 4. The van der Waals surface area contributed by atoms with Gasteiger partial charge in [-0.15, -0.1) is 0 Å². The number of aliphatic hydroxyl groups excluding tert-OH is 2. The fourth-order valence-electron chi connectivity index (χ4n) is 5.31. The third-order valence-corrected chi connectivity index (χ3v) is 8.15. The average molecular weight is 664 g/mol. The lowest BCUT2D eigenvalue weighted by molar-refractivity contribution is -0.148. The van der Waals surface area contributed by atoms with Crippen molar-refractivity contribution in [3.63, 3.8) is 0 Å². The molecule has 1 fully saturated rings. The number of likely N-dealkylation sites (tertiary alicyclic amines) is 1. The van der Waals surface area contributed by atoms with Crippen molar-refractivity contribution in [1.29, 1.82) is 0 Å². The smallest absolute Gasteiger partial charge is 0.323 e. The van der Waals surface area contributed by atoms with E-state index in [9.17, 15) is 34.2 Å². The minimum Gasteiger partial charge on any atom is -0.480 e. The number of carbonyl (C=O) groups excluding carboxylic acids is 4.